The van der Waals surface area contributed by atoms with Crippen LogP contribution in [0.15, 0.2) is 105 Å². The number of amides is 1. The highest BCUT2D eigenvalue weighted by molar-refractivity contribution is 9.10. The summed E-state index contributed by atoms with van der Waals surface area (Å²) in [4.78, 5) is 12.4. The van der Waals surface area contributed by atoms with Crippen molar-refractivity contribution in [2.75, 3.05) is 0 Å². The van der Waals surface area contributed by atoms with Crippen LogP contribution in [0.25, 0.3) is 10.8 Å². The Kier molecular flexibility index (Phi) is 6.67. The number of hydrogen-bond donors (Lipinski definition) is 2. The van der Waals surface area contributed by atoms with E-state index in [4.69, 9.17) is 0 Å². The lowest BCUT2D eigenvalue weighted by Crippen LogP contribution is -2.19. The van der Waals surface area contributed by atoms with Crippen LogP contribution in [0.1, 0.15) is 11.1 Å². The number of hydrazone groups is 1. The van der Waals surface area contributed by atoms with Gasteiger partial charge in [0, 0.05) is 10.0 Å². The molecule has 0 unspecified atom stereocenters. The number of phenols is 1. The van der Waals surface area contributed by atoms with Crippen molar-refractivity contribution in [2.24, 2.45) is 15.3 Å². The molecule has 2 N–H and O–H groups in total. The minimum atomic E-state index is -0.256. The average molecular weight is 487 g/mol. The Labute approximate surface area is 193 Å². The monoisotopic (exact) mass is 486 g/mol. The summed E-state index contributed by atoms with van der Waals surface area (Å²) in [6.45, 7) is 0. The molecule has 0 bridgehead atoms. The van der Waals surface area contributed by atoms with Gasteiger partial charge in [0.1, 0.15) is 5.75 Å². The molecule has 158 valence electrons. The predicted octanol–water partition coefficient (Wildman–Crippen LogP) is 6.42. The van der Waals surface area contributed by atoms with Gasteiger partial charge in [0.25, 0.3) is 0 Å². The Morgan fingerprint density at radius 1 is 0.875 bits per heavy atom. The molecular weight excluding hydrogens is 468 g/mol. The molecule has 4 aromatic rings. The Morgan fingerprint density at radius 3 is 2.41 bits per heavy atom. The van der Waals surface area contributed by atoms with Crippen molar-refractivity contribution < 1.29 is 9.90 Å². The maximum atomic E-state index is 12.4. The van der Waals surface area contributed by atoms with Gasteiger partial charge in [-0.15, -0.1) is 0 Å². The number of carbonyl (C=O) groups excluding carboxylic acids is 1. The number of nitrogens with one attached hydrogen (secondary N) is 1. The van der Waals surface area contributed by atoms with Gasteiger partial charge in [-0.1, -0.05) is 64.5 Å². The van der Waals surface area contributed by atoms with Gasteiger partial charge < -0.3 is 5.11 Å². The summed E-state index contributed by atoms with van der Waals surface area (Å²) in [5, 5.41) is 24.5. The summed E-state index contributed by atoms with van der Waals surface area (Å²) in [6, 6.07) is 25.9. The van der Waals surface area contributed by atoms with Gasteiger partial charge in [-0.3, -0.25) is 4.79 Å². The second-order valence-electron chi connectivity index (χ2n) is 7.00. The molecule has 0 aliphatic carbocycles. The van der Waals surface area contributed by atoms with Gasteiger partial charge >= 0.3 is 0 Å². The summed E-state index contributed by atoms with van der Waals surface area (Å²) >= 11 is 3.54. The third-order valence-corrected chi connectivity index (χ3v) is 5.44. The first kappa shape index (κ1) is 21.4. The van der Waals surface area contributed by atoms with Crippen molar-refractivity contribution in [3.8, 4) is 5.75 Å². The number of carbonyl (C=O) groups is 1. The molecule has 6 nitrogen and oxygen atoms in total. The second-order valence-corrected chi connectivity index (χ2v) is 7.86. The molecule has 0 fully saturated rings. The van der Waals surface area contributed by atoms with E-state index in [1.807, 2.05) is 66.7 Å². The van der Waals surface area contributed by atoms with Gasteiger partial charge in [0.05, 0.1) is 24.0 Å². The van der Waals surface area contributed by atoms with Gasteiger partial charge in [0.15, 0.2) is 0 Å². The molecule has 32 heavy (non-hydrogen) atoms. The fraction of sp³-hybridized carbons (Fsp3) is 0.0400. The first-order chi connectivity index (χ1) is 15.6. The lowest BCUT2D eigenvalue weighted by atomic mass is 10.0. The molecule has 0 atom stereocenters. The van der Waals surface area contributed by atoms with E-state index < -0.39 is 0 Å². The van der Waals surface area contributed by atoms with Crippen molar-refractivity contribution in [1.29, 1.82) is 0 Å². The van der Waals surface area contributed by atoms with Crippen LogP contribution in [-0.2, 0) is 11.2 Å². The number of nitrogens with zero attached hydrogens (tertiary/aromatic N) is 3. The van der Waals surface area contributed by atoms with Crippen LogP contribution in [-0.4, -0.2) is 17.2 Å². The van der Waals surface area contributed by atoms with Crippen molar-refractivity contribution >= 4 is 50.2 Å². The highest BCUT2D eigenvalue weighted by Gasteiger charge is 2.08. The van der Waals surface area contributed by atoms with Crippen molar-refractivity contribution in [3.63, 3.8) is 0 Å². The van der Waals surface area contributed by atoms with E-state index >= 15 is 0 Å². The summed E-state index contributed by atoms with van der Waals surface area (Å²) < 4.78 is 0.982. The number of rotatable bonds is 6. The summed E-state index contributed by atoms with van der Waals surface area (Å²) in [7, 11) is 0. The first-order valence-electron chi connectivity index (χ1n) is 9.88. The van der Waals surface area contributed by atoms with E-state index in [0.717, 1.165) is 26.5 Å². The van der Waals surface area contributed by atoms with Crippen LogP contribution in [0.4, 0.5) is 11.4 Å². The topological polar surface area (TPSA) is 86.4 Å². The van der Waals surface area contributed by atoms with Crippen LogP contribution < -0.4 is 5.43 Å². The molecule has 0 saturated heterocycles. The number of azo groups is 1. The standard InChI is InChI=1S/C25H19BrN4O2/c26-23-12-10-17(21-8-4-5-9-22(21)23)15-25(32)30-27-16-18-14-20(11-13-24(18)31)29-28-19-6-2-1-3-7-19/h1-14,16,31H,15H2,(H,30,32). The molecule has 4 aromatic carbocycles. The normalized spacial score (nSPS) is 11.4. The van der Waals surface area contributed by atoms with E-state index in [9.17, 15) is 9.90 Å². The molecule has 7 heteroatoms. The number of aromatic hydroxyl groups is 1. The summed E-state index contributed by atoms with van der Waals surface area (Å²) in [6.07, 6.45) is 1.57. The van der Waals surface area contributed by atoms with Crippen molar-refractivity contribution in [3.05, 3.63) is 101 Å². The first-order valence-corrected chi connectivity index (χ1v) is 10.7. The molecular formula is C25H19BrN4O2. The minimum absolute atomic E-state index is 0.0283. The molecule has 0 saturated carbocycles. The zero-order valence-corrected chi connectivity index (χ0v) is 18.5. The number of hydrogen-bond acceptors (Lipinski definition) is 5. The number of halogens is 1. The highest BCUT2D eigenvalue weighted by Crippen LogP contribution is 2.27. The lowest BCUT2D eigenvalue weighted by Gasteiger charge is -2.07. The zero-order chi connectivity index (χ0) is 22.3. The van der Waals surface area contributed by atoms with Crippen LogP contribution in [0.5, 0.6) is 5.75 Å². The Balaban J connectivity index is 1.43. The van der Waals surface area contributed by atoms with Gasteiger partial charge in [-0.25, -0.2) is 5.43 Å². The molecule has 0 aliphatic heterocycles. The maximum absolute atomic E-state index is 12.4. The fourth-order valence-electron chi connectivity index (χ4n) is 3.18. The van der Waals surface area contributed by atoms with Gasteiger partial charge in [-0.05, 0) is 52.7 Å². The lowest BCUT2D eigenvalue weighted by molar-refractivity contribution is -0.120. The van der Waals surface area contributed by atoms with Gasteiger partial charge in [0.2, 0.25) is 5.91 Å². The summed E-state index contributed by atoms with van der Waals surface area (Å²) in [5.41, 5.74) is 5.12. The molecule has 0 heterocycles. The minimum Gasteiger partial charge on any atom is -0.507 e. The van der Waals surface area contributed by atoms with Crippen LogP contribution in [0.3, 0.4) is 0 Å². The highest BCUT2D eigenvalue weighted by atomic mass is 79.9. The molecule has 0 aliphatic rings. The van der Waals surface area contributed by atoms with Crippen molar-refractivity contribution in [2.45, 2.75) is 6.42 Å². The molecule has 0 radical (unpaired) electrons. The smallest absolute Gasteiger partial charge is 0.244 e. The second kappa shape index (κ2) is 9.98. The number of benzene rings is 4. The predicted molar refractivity (Wildman–Crippen MR) is 130 cm³/mol. The summed E-state index contributed by atoms with van der Waals surface area (Å²) in [5.74, 6) is -0.228. The van der Waals surface area contributed by atoms with Gasteiger partial charge in [-0.2, -0.15) is 15.3 Å². The Hall–Kier alpha value is -3.84. The van der Waals surface area contributed by atoms with E-state index in [1.165, 1.54) is 12.3 Å². The average Bonchev–Trinajstić information content (AvgIpc) is 2.82. The molecule has 1 amide bonds. The van der Waals surface area contributed by atoms with Crippen LogP contribution in [0.2, 0.25) is 0 Å². The number of fused-ring (bicyclic) bond motifs is 1. The van der Waals surface area contributed by atoms with Crippen molar-refractivity contribution in [1.82, 2.24) is 5.43 Å². The van der Waals surface area contributed by atoms with E-state index in [-0.39, 0.29) is 18.1 Å². The Morgan fingerprint density at radius 2 is 1.59 bits per heavy atom. The molecule has 4 rings (SSSR count). The largest absolute Gasteiger partial charge is 0.507 e. The Bertz CT molecular complexity index is 1320. The molecule has 0 spiro atoms. The van der Waals surface area contributed by atoms with Crippen LogP contribution >= 0.6 is 15.9 Å². The maximum Gasteiger partial charge on any atom is 0.244 e. The van der Waals surface area contributed by atoms with E-state index in [2.05, 4.69) is 36.7 Å². The van der Waals surface area contributed by atoms with E-state index in [0.29, 0.717) is 11.3 Å². The van der Waals surface area contributed by atoms with Crippen LogP contribution in [0, 0.1) is 0 Å². The molecule has 0 aromatic heterocycles. The third-order valence-electron chi connectivity index (χ3n) is 4.75. The van der Waals surface area contributed by atoms with E-state index in [1.54, 1.807) is 12.1 Å². The fourth-order valence-corrected chi connectivity index (χ4v) is 3.66. The third kappa shape index (κ3) is 5.25. The SMILES string of the molecule is O=C(Cc1ccc(Br)c2ccccc12)NN=Cc1cc(N=Nc2ccccc2)ccc1O. The zero-order valence-electron chi connectivity index (χ0n) is 16.9. The quantitative estimate of drug-likeness (QED) is 0.187. The number of phenolic OH excluding ortho intramolecular Hbond substituents is 1.